The first-order valence-electron chi connectivity index (χ1n) is 12.1. The Morgan fingerprint density at radius 1 is 1.13 bits per heavy atom. The number of guanidine groups is 1. The molecule has 7 nitrogen and oxygen atoms in total. The fourth-order valence-corrected chi connectivity index (χ4v) is 5.71. The van der Waals surface area contributed by atoms with Crippen molar-refractivity contribution in [1.29, 1.82) is 0 Å². The number of carbonyl (C=O) groups is 2. The number of rotatable bonds is 11. The molecule has 2 bridgehead atoms. The topological polar surface area (TPSA) is 77.0 Å². The fourth-order valence-electron chi connectivity index (χ4n) is 5.71. The molecule has 2 aliphatic carbocycles. The van der Waals surface area contributed by atoms with Gasteiger partial charge in [-0.25, -0.2) is 0 Å². The standard InChI is InChI=1S/C24H41N5O2/c1-6-28(7-2)19(13-16(3)4)15-27-24(25-5)26-11-8-12-29-22(30)20-17-9-10-18(14-17)21(20)23(29)31/h9-10,16-21H,6-8,11-15H2,1-5H3,(H2,25,26,27). The molecule has 0 aromatic heterocycles. The highest BCUT2D eigenvalue weighted by Gasteiger charge is 2.58. The van der Waals surface area contributed by atoms with Gasteiger partial charge in [0.1, 0.15) is 0 Å². The molecular formula is C24H41N5O2. The van der Waals surface area contributed by atoms with Crippen LogP contribution in [-0.4, -0.2) is 73.4 Å². The molecule has 1 saturated carbocycles. The van der Waals surface area contributed by atoms with Crippen molar-refractivity contribution in [3.63, 3.8) is 0 Å². The van der Waals surface area contributed by atoms with Gasteiger partial charge in [0.05, 0.1) is 11.8 Å². The van der Waals surface area contributed by atoms with Gasteiger partial charge in [-0.15, -0.1) is 0 Å². The maximum Gasteiger partial charge on any atom is 0.233 e. The van der Waals surface area contributed by atoms with Gasteiger partial charge in [-0.3, -0.25) is 24.4 Å². The summed E-state index contributed by atoms with van der Waals surface area (Å²) in [5.41, 5.74) is 0. The Balaban J connectivity index is 1.42. The van der Waals surface area contributed by atoms with Crippen LogP contribution in [0.15, 0.2) is 17.1 Å². The van der Waals surface area contributed by atoms with E-state index >= 15 is 0 Å². The van der Waals surface area contributed by atoms with E-state index in [1.165, 1.54) is 4.90 Å². The van der Waals surface area contributed by atoms with Crippen molar-refractivity contribution in [3.8, 4) is 0 Å². The third-order valence-electron chi connectivity index (χ3n) is 7.21. The second-order valence-corrected chi connectivity index (χ2v) is 9.57. The summed E-state index contributed by atoms with van der Waals surface area (Å²) in [4.78, 5) is 33.9. The maximum absolute atomic E-state index is 12.8. The highest BCUT2D eigenvalue weighted by atomic mass is 16.2. The molecule has 2 amide bonds. The van der Waals surface area contributed by atoms with Gasteiger partial charge >= 0.3 is 0 Å². The average molecular weight is 432 g/mol. The van der Waals surface area contributed by atoms with Crippen molar-refractivity contribution in [2.75, 3.05) is 39.8 Å². The molecule has 7 heteroatoms. The second-order valence-electron chi connectivity index (χ2n) is 9.57. The van der Waals surface area contributed by atoms with Crippen molar-refractivity contribution in [2.45, 2.75) is 53.0 Å². The number of carbonyl (C=O) groups excluding carboxylic acids is 2. The Morgan fingerprint density at radius 2 is 1.74 bits per heavy atom. The first-order valence-corrected chi connectivity index (χ1v) is 12.1. The first kappa shape index (κ1) is 23.8. The zero-order valence-electron chi connectivity index (χ0n) is 19.9. The molecule has 1 heterocycles. The zero-order chi connectivity index (χ0) is 22.5. The molecule has 0 aromatic carbocycles. The summed E-state index contributed by atoms with van der Waals surface area (Å²) in [6.45, 7) is 13.0. The van der Waals surface area contributed by atoms with Gasteiger partial charge in [0.15, 0.2) is 5.96 Å². The third-order valence-corrected chi connectivity index (χ3v) is 7.21. The number of hydrogen-bond donors (Lipinski definition) is 2. The minimum Gasteiger partial charge on any atom is -0.356 e. The van der Waals surface area contributed by atoms with E-state index in [-0.39, 0.29) is 35.5 Å². The number of likely N-dealkylation sites (N-methyl/N-ethyl adjacent to an activating group) is 1. The number of imide groups is 1. The van der Waals surface area contributed by atoms with E-state index in [2.05, 4.69) is 60.4 Å². The summed E-state index contributed by atoms with van der Waals surface area (Å²) in [5.74, 6) is 1.88. The Labute approximate surface area is 187 Å². The number of fused-ring (bicyclic) bond motifs is 5. The lowest BCUT2D eigenvalue weighted by Crippen LogP contribution is -2.48. The Bertz CT molecular complexity index is 670. The van der Waals surface area contributed by atoms with Gasteiger partial charge in [0.25, 0.3) is 0 Å². The van der Waals surface area contributed by atoms with Gasteiger partial charge in [-0.2, -0.15) is 0 Å². The van der Waals surface area contributed by atoms with E-state index in [1.807, 2.05) is 0 Å². The molecular weight excluding hydrogens is 390 g/mol. The highest BCUT2D eigenvalue weighted by Crippen LogP contribution is 2.52. The normalized spacial score (nSPS) is 28.2. The van der Waals surface area contributed by atoms with Crippen LogP contribution >= 0.6 is 0 Å². The summed E-state index contributed by atoms with van der Waals surface area (Å²) in [6.07, 6.45) is 7.14. The lowest BCUT2D eigenvalue weighted by atomic mass is 9.85. The predicted molar refractivity (Wildman–Crippen MR) is 125 cm³/mol. The molecule has 174 valence electrons. The van der Waals surface area contributed by atoms with Crippen LogP contribution in [0.1, 0.15) is 47.0 Å². The average Bonchev–Trinajstić information content (AvgIpc) is 3.42. The van der Waals surface area contributed by atoms with E-state index in [1.54, 1.807) is 7.05 Å². The van der Waals surface area contributed by atoms with Crippen LogP contribution in [0.25, 0.3) is 0 Å². The smallest absolute Gasteiger partial charge is 0.233 e. The lowest BCUT2D eigenvalue weighted by Gasteiger charge is -2.31. The summed E-state index contributed by atoms with van der Waals surface area (Å²) < 4.78 is 0. The molecule has 5 atom stereocenters. The molecule has 5 unspecified atom stereocenters. The van der Waals surface area contributed by atoms with Crippen LogP contribution < -0.4 is 10.6 Å². The van der Waals surface area contributed by atoms with Crippen molar-refractivity contribution >= 4 is 17.8 Å². The van der Waals surface area contributed by atoms with E-state index in [0.29, 0.717) is 25.0 Å². The van der Waals surface area contributed by atoms with Crippen LogP contribution in [0.4, 0.5) is 0 Å². The molecule has 1 aliphatic heterocycles. The molecule has 3 aliphatic rings. The highest BCUT2D eigenvalue weighted by molar-refractivity contribution is 6.06. The van der Waals surface area contributed by atoms with Gasteiger partial charge in [0, 0.05) is 32.7 Å². The van der Waals surface area contributed by atoms with Crippen LogP contribution in [0, 0.1) is 29.6 Å². The SMILES string of the molecule is CCN(CC)C(CNC(=NC)NCCCN1C(=O)C2C3C=CC(C3)C2C1=O)CC(C)C. The number of amides is 2. The van der Waals surface area contributed by atoms with Gasteiger partial charge < -0.3 is 10.6 Å². The molecule has 3 rings (SSSR count). The Kier molecular flexibility index (Phi) is 8.14. The van der Waals surface area contributed by atoms with E-state index < -0.39 is 0 Å². The maximum atomic E-state index is 12.8. The first-order chi connectivity index (χ1) is 14.9. The molecule has 31 heavy (non-hydrogen) atoms. The van der Waals surface area contributed by atoms with E-state index in [9.17, 15) is 9.59 Å². The monoisotopic (exact) mass is 431 g/mol. The van der Waals surface area contributed by atoms with Crippen molar-refractivity contribution in [1.82, 2.24) is 20.4 Å². The number of likely N-dealkylation sites (tertiary alicyclic amines) is 1. The summed E-state index contributed by atoms with van der Waals surface area (Å²) in [6, 6.07) is 0.469. The van der Waals surface area contributed by atoms with Gasteiger partial charge in [-0.1, -0.05) is 39.8 Å². The van der Waals surface area contributed by atoms with Crippen LogP contribution in [-0.2, 0) is 9.59 Å². The molecule has 0 radical (unpaired) electrons. The van der Waals surface area contributed by atoms with E-state index in [4.69, 9.17) is 0 Å². The van der Waals surface area contributed by atoms with Gasteiger partial charge in [0.2, 0.25) is 11.8 Å². The Morgan fingerprint density at radius 3 is 2.26 bits per heavy atom. The quantitative estimate of drug-likeness (QED) is 0.172. The predicted octanol–water partition coefficient (Wildman–Crippen LogP) is 2.11. The summed E-state index contributed by atoms with van der Waals surface area (Å²) >= 11 is 0. The molecule has 2 N–H and O–H groups in total. The Hall–Kier alpha value is -1.89. The minimum absolute atomic E-state index is 0.0464. The van der Waals surface area contributed by atoms with Crippen molar-refractivity contribution in [2.24, 2.45) is 34.6 Å². The molecule has 0 spiro atoms. The molecule has 1 saturated heterocycles. The third kappa shape index (κ3) is 5.13. The zero-order valence-corrected chi connectivity index (χ0v) is 19.9. The van der Waals surface area contributed by atoms with Crippen LogP contribution in [0.2, 0.25) is 0 Å². The minimum atomic E-state index is -0.0946. The fraction of sp³-hybridized carbons (Fsp3) is 0.792. The number of nitrogens with one attached hydrogen (secondary N) is 2. The van der Waals surface area contributed by atoms with Crippen LogP contribution in [0.3, 0.4) is 0 Å². The lowest BCUT2D eigenvalue weighted by molar-refractivity contribution is -0.140. The van der Waals surface area contributed by atoms with Crippen LogP contribution in [0.5, 0.6) is 0 Å². The van der Waals surface area contributed by atoms with Gasteiger partial charge in [-0.05, 0) is 50.1 Å². The largest absolute Gasteiger partial charge is 0.356 e. The summed E-state index contributed by atoms with van der Waals surface area (Å²) in [7, 11) is 1.78. The molecule has 0 aromatic rings. The van der Waals surface area contributed by atoms with E-state index in [0.717, 1.165) is 44.9 Å². The number of aliphatic imine (C=N–C) groups is 1. The number of allylic oxidation sites excluding steroid dienone is 2. The summed E-state index contributed by atoms with van der Waals surface area (Å²) in [5, 5.41) is 6.81. The second kappa shape index (κ2) is 10.6. The van der Waals surface area contributed by atoms with Crippen molar-refractivity contribution < 1.29 is 9.59 Å². The number of hydrogen-bond acceptors (Lipinski definition) is 4. The van der Waals surface area contributed by atoms with Crippen molar-refractivity contribution in [3.05, 3.63) is 12.2 Å². The number of nitrogens with zero attached hydrogens (tertiary/aromatic N) is 3. The molecule has 2 fully saturated rings.